The number of nitrogen functional groups attached to an aromatic ring is 1. The topological polar surface area (TPSA) is 64.2 Å². The molecule has 0 saturated heterocycles. The predicted octanol–water partition coefficient (Wildman–Crippen LogP) is 3.12. The molecule has 1 aliphatic rings. The minimum Gasteiger partial charge on any atom is -0.334 e. The molecule has 26 heavy (non-hydrogen) atoms. The zero-order chi connectivity index (χ0) is 18.6. The Morgan fingerprint density at radius 3 is 2.54 bits per heavy atom. The van der Waals surface area contributed by atoms with Gasteiger partial charge in [-0.15, -0.1) is 11.3 Å². The molecule has 0 aliphatic carbocycles. The first-order valence-corrected chi connectivity index (χ1v) is 9.69. The third-order valence-electron chi connectivity index (χ3n) is 5.11. The van der Waals surface area contributed by atoms with Crippen molar-refractivity contribution in [3.05, 3.63) is 50.6 Å². The maximum atomic E-state index is 13.0. The summed E-state index contributed by atoms with van der Waals surface area (Å²) in [5.41, 5.74) is 3.17. The summed E-state index contributed by atoms with van der Waals surface area (Å²) in [5, 5.41) is 0.704. The van der Waals surface area contributed by atoms with Gasteiger partial charge >= 0.3 is 0 Å². The number of aromatic nitrogens is 2. The SMILES string of the molecule is CN1CCc2c(sc3nc(-c4ccc(C(C)(C)C)cc4)n(N)c(=O)c23)C1. The molecule has 1 aliphatic heterocycles. The molecule has 136 valence electrons. The molecule has 4 rings (SSSR count). The van der Waals surface area contributed by atoms with Crippen LogP contribution in [-0.4, -0.2) is 28.2 Å². The van der Waals surface area contributed by atoms with Crippen LogP contribution < -0.4 is 11.4 Å². The third kappa shape index (κ3) is 2.73. The first kappa shape index (κ1) is 17.2. The molecule has 0 atom stereocenters. The first-order chi connectivity index (χ1) is 12.3. The summed E-state index contributed by atoms with van der Waals surface area (Å²) < 4.78 is 1.21. The van der Waals surface area contributed by atoms with E-state index >= 15 is 0 Å². The summed E-state index contributed by atoms with van der Waals surface area (Å²) in [4.78, 5) is 22.0. The number of nitrogens with zero attached hydrogens (tertiary/aromatic N) is 3. The molecular formula is C20H24N4OS. The predicted molar refractivity (Wildman–Crippen MR) is 108 cm³/mol. The van der Waals surface area contributed by atoms with Gasteiger partial charge in [0.15, 0.2) is 5.82 Å². The zero-order valence-corrected chi connectivity index (χ0v) is 16.5. The molecule has 0 fully saturated rings. The number of fused-ring (bicyclic) bond motifs is 3. The minimum absolute atomic E-state index is 0.0805. The lowest BCUT2D eigenvalue weighted by molar-refractivity contribution is 0.318. The summed E-state index contributed by atoms with van der Waals surface area (Å²) in [5.74, 6) is 6.68. The van der Waals surface area contributed by atoms with Gasteiger partial charge in [-0.1, -0.05) is 45.0 Å². The molecule has 0 amide bonds. The summed E-state index contributed by atoms with van der Waals surface area (Å²) in [6, 6.07) is 8.16. The monoisotopic (exact) mass is 368 g/mol. The van der Waals surface area contributed by atoms with Crippen LogP contribution >= 0.6 is 11.3 Å². The fourth-order valence-corrected chi connectivity index (χ4v) is 4.80. The van der Waals surface area contributed by atoms with Crippen LogP contribution in [0.4, 0.5) is 0 Å². The average molecular weight is 369 g/mol. The van der Waals surface area contributed by atoms with E-state index in [1.165, 1.54) is 15.1 Å². The van der Waals surface area contributed by atoms with E-state index in [4.69, 9.17) is 10.8 Å². The molecule has 1 aromatic carbocycles. The van der Waals surface area contributed by atoms with Gasteiger partial charge in [0.2, 0.25) is 0 Å². The highest BCUT2D eigenvalue weighted by Crippen LogP contribution is 2.33. The molecule has 2 aromatic heterocycles. The van der Waals surface area contributed by atoms with Crippen LogP contribution in [0, 0.1) is 0 Å². The maximum Gasteiger partial charge on any atom is 0.281 e. The van der Waals surface area contributed by atoms with Gasteiger partial charge in [-0.05, 0) is 30.0 Å². The highest BCUT2D eigenvalue weighted by atomic mass is 32.1. The maximum absolute atomic E-state index is 13.0. The lowest BCUT2D eigenvalue weighted by Gasteiger charge is -2.21. The lowest BCUT2D eigenvalue weighted by atomic mass is 9.87. The van der Waals surface area contributed by atoms with Gasteiger partial charge in [-0.25, -0.2) is 9.66 Å². The van der Waals surface area contributed by atoms with E-state index in [9.17, 15) is 4.79 Å². The van der Waals surface area contributed by atoms with Crippen molar-refractivity contribution < 1.29 is 0 Å². The van der Waals surface area contributed by atoms with Crippen molar-refractivity contribution in [2.24, 2.45) is 0 Å². The molecule has 0 bridgehead atoms. The molecular weight excluding hydrogens is 344 g/mol. The molecule has 0 unspecified atom stereocenters. The van der Waals surface area contributed by atoms with Crippen molar-refractivity contribution in [3.8, 4) is 11.4 Å². The minimum atomic E-state index is -0.146. The molecule has 0 radical (unpaired) electrons. The number of likely N-dealkylation sites (N-methyl/N-ethyl adjacent to an activating group) is 1. The van der Waals surface area contributed by atoms with E-state index in [0.29, 0.717) is 11.2 Å². The number of rotatable bonds is 1. The molecule has 3 heterocycles. The van der Waals surface area contributed by atoms with Gasteiger partial charge in [0.1, 0.15) is 4.83 Å². The third-order valence-corrected chi connectivity index (χ3v) is 6.22. The van der Waals surface area contributed by atoms with Gasteiger partial charge in [0, 0.05) is 23.5 Å². The molecule has 2 N–H and O–H groups in total. The van der Waals surface area contributed by atoms with Gasteiger partial charge in [0.05, 0.1) is 5.39 Å². The van der Waals surface area contributed by atoms with Crippen LogP contribution in [-0.2, 0) is 18.4 Å². The molecule has 6 heteroatoms. The van der Waals surface area contributed by atoms with Crippen molar-refractivity contribution in [2.75, 3.05) is 19.4 Å². The van der Waals surface area contributed by atoms with Crippen LogP contribution in [0.2, 0.25) is 0 Å². The van der Waals surface area contributed by atoms with E-state index in [2.05, 4.69) is 44.9 Å². The summed E-state index contributed by atoms with van der Waals surface area (Å²) in [6.07, 6.45) is 0.877. The highest BCUT2D eigenvalue weighted by Gasteiger charge is 2.24. The van der Waals surface area contributed by atoms with E-state index in [-0.39, 0.29) is 11.0 Å². The Balaban J connectivity index is 1.87. The quantitative estimate of drug-likeness (QED) is 0.670. The molecule has 3 aromatic rings. The second-order valence-corrected chi connectivity index (χ2v) is 9.19. The smallest absolute Gasteiger partial charge is 0.281 e. The highest BCUT2D eigenvalue weighted by molar-refractivity contribution is 7.18. The van der Waals surface area contributed by atoms with Gasteiger partial charge in [-0.2, -0.15) is 0 Å². The Hall–Kier alpha value is -2.18. The average Bonchev–Trinajstić information content (AvgIpc) is 2.95. The number of nitrogens with two attached hydrogens (primary N) is 1. The van der Waals surface area contributed by atoms with Crippen LogP contribution in [0.5, 0.6) is 0 Å². The fraction of sp³-hybridized carbons (Fsp3) is 0.400. The zero-order valence-electron chi connectivity index (χ0n) is 15.7. The Bertz CT molecular complexity index is 1040. The van der Waals surface area contributed by atoms with Crippen LogP contribution in [0.15, 0.2) is 29.1 Å². The fourth-order valence-electron chi connectivity index (χ4n) is 3.51. The van der Waals surface area contributed by atoms with E-state index in [1.807, 2.05) is 12.1 Å². The van der Waals surface area contributed by atoms with Gasteiger partial charge in [-0.3, -0.25) is 4.79 Å². The van der Waals surface area contributed by atoms with E-state index in [1.54, 1.807) is 11.3 Å². The van der Waals surface area contributed by atoms with Crippen LogP contribution in [0.1, 0.15) is 36.8 Å². The number of benzene rings is 1. The van der Waals surface area contributed by atoms with Crippen molar-refractivity contribution in [1.29, 1.82) is 0 Å². The Labute approximate surface area is 157 Å². The van der Waals surface area contributed by atoms with Crippen molar-refractivity contribution in [2.45, 2.75) is 39.2 Å². The van der Waals surface area contributed by atoms with Crippen molar-refractivity contribution in [1.82, 2.24) is 14.6 Å². The van der Waals surface area contributed by atoms with Crippen LogP contribution in [0.3, 0.4) is 0 Å². The first-order valence-electron chi connectivity index (χ1n) is 8.87. The van der Waals surface area contributed by atoms with Crippen molar-refractivity contribution in [3.63, 3.8) is 0 Å². The standard InChI is InChI=1S/C20H24N4OS/c1-20(2,3)13-7-5-12(6-8-13)17-22-18-16(19(25)24(17)21)14-9-10-23(4)11-15(14)26-18/h5-8H,9-11,21H2,1-4H3. The Kier molecular flexibility index (Phi) is 3.93. The summed E-state index contributed by atoms with van der Waals surface area (Å²) in [7, 11) is 2.10. The number of thiophene rings is 1. The van der Waals surface area contributed by atoms with E-state index < -0.39 is 0 Å². The second-order valence-electron chi connectivity index (χ2n) is 8.11. The largest absolute Gasteiger partial charge is 0.334 e. The Morgan fingerprint density at radius 1 is 1.19 bits per heavy atom. The van der Waals surface area contributed by atoms with Crippen molar-refractivity contribution >= 4 is 21.6 Å². The van der Waals surface area contributed by atoms with Gasteiger partial charge < -0.3 is 10.7 Å². The Morgan fingerprint density at radius 2 is 1.88 bits per heavy atom. The summed E-state index contributed by atoms with van der Waals surface area (Å²) in [6.45, 7) is 8.36. The second kappa shape index (κ2) is 5.93. The summed E-state index contributed by atoms with van der Waals surface area (Å²) >= 11 is 1.62. The normalized spacial score (nSPS) is 15.4. The molecule has 0 spiro atoms. The van der Waals surface area contributed by atoms with Gasteiger partial charge in [0.25, 0.3) is 5.56 Å². The molecule has 5 nitrogen and oxygen atoms in total. The van der Waals surface area contributed by atoms with E-state index in [0.717, 1.165) is 35.5 Å². The number of hydrogen-bond acceptors (Lipinski definition) is 5. The molecule has 0 saturated carbocycles. The van der Waals surface area contributed by atoms with Crippen LogP contribution in [0.25, 0.3) is 21.6 Å². The lowest BCUT2D eigenvalue weighted by Crippen LogP contribution is -2.31. The number of hydrogen-bond donors (Lipinski definition) is 1.